The smallest absolute Gasteiger partial charge is 0.213 e. The van der Waals surface area contributed by atoms with Crippen LogP contribution in [0.2, 0.25) is 0 Å². The molecule has 0 aromatic carbocycles. The zero-order chi connectivity index (χ0) is 17.1. The van der Waals surface area contributed by atoms with Crippen LogP contribution in [0.4, 0.5) is 0 Å². The second-order valence-corrected chi connectivity index (χ2v) is 6.26. The number of hydrogen-bond acceptors (Lipinski definition) is 5. The summed E-state index contributed by atoms with van der Waals surface area (Å²) in [6.07, 6.45) is 8.64. The molecule has 3 aromatic rings. The van der Waals surface area contributed by atoms with E-state index in [1.807, 2.05) is 18.2 Å². The summed E-state index contributed by atoms with van der Waals surface area (Å²) in [4.78, 5) is 25.2. The third kappa shape index (κ3) is 3.39. The highest BCUT2D eigenvalue weighted by atomic mass is 16.5. The summed E-state index contributed by atoms with van der Waals surface area (Å²) in [6.45, 7) is 3.96. The molecule has 3 aromatic heterocycles. The van der Waals surface area contributed by atoms with E-state index in [1.54, 1.807) is 18.6 Å². The molecular weight excluding hydrogens is 316 g/mol. The molecule has 1 N–H and O–H groups in total. The van der Waals surface area contributed by atoms with Crippen molar-refractivity contribution in [2.24, 2.45) is 0 Å². The molecule has 6 nitrogen and oxygen atoms in total. The molecule has 0 amide bonds. The van der Waals surface area contributed by atoms with Crippen LogP contribution in [-0.2, 0) is 0 Å². The summed E-state index contributed by atoms with van der Waals surface area (Å²) >= 11 is 0. The molecule has 128 valence electrons. The molecule has 6 heteroatoms. The number of carbonyl (C=O) groups is 1. The molecule has 0 saturated carbocycles. The number of aromatic nitrogens is 3. The van der Waals surface area contributed by atoms with Gasteiger partial charge >= 0.3 is 0 Å². The van der Waals surface area contributed by atoms with Gasteiger partial charge in [-0.3, -0.25) is 9.69 Å². The van der Waals surface area contributed by atoms with Crippen molar-refractivity contribution < 1.29 is 9.53 Å². The minimum atomic E-state index is 0.610. The van der Waals surface area contributed by atoms with Crippen molar-refractivity contribution in [3.63, 3.8) is 0 Å². The molecule has 0 bridgehead atoms. The van der Waals surface area contributed by atoms with E-state index in [9.17, 15) is 4.79 Å². The van der Waals surface area contributed by atoms with Crippen LogP contribution in [0.25, 0.3) is 22.2 Å². The molecule has 0 radical (unpaired) electrons. The minimum absolute atomic E-state index is 0.610. The maximum atomic E-state index is 11.1. The summed E-state index contributed by atoms with van der Waals surface area (Å²) in [5.74, 6) is 0.632. The van der Waals surface area contributed by atoms with Crippen LogP contribution in [-0.4, -0.2) is 52.4 Å². The Hall–Kier alpha value is -2.73. The van der Waals surface area contributed by atoms with E-state index in [1.165, 1.54) is 25.9 Å². The number of carbonyl (C=O) groups excluding carboxylic acids is 1. The zero-order valence-corrected chi connectivity index (χ0v) is 13.9. The van der Waals surface area contributed by atoms with Crippen molar-refractivity contribution in [2.45, 2.75) is 12.8 Å². The summed E-state index contributed by atoms with van der Waals surface area (Å²) in [6, 6.07) is 5.79. The number of aromatic amines is 1. The van der Waals surface area contributed by atoms with E-state index in [2.05, 4.69) is 19.9 Å². The molecule has 0 unspecified atom stereocenters. The molecule has 0 atom stereocenters. The van der Waals surface area contributed by atoms with Gasteiger partial charge in [-0.15, -0.1) is 0 Å². The Morgan fingerprint density at radius 3 is 2.76 bits per heavy atom. The van der Waals surface area contributed by atoms with Gasteiger partial charge in [-0.1, -0.05) is 0 Å². The standard InChI is InChI=1S/C19H20N4O2/c24-13-16-12-22-19-17(16)9-15(11-21-19)14-3-4-18(20-10-14)25-8-7-23-5-1-2-6-23/h3-4,9-13H,1-2,5-8H2,(H,21,22). The molecule has 4 rings (SSSR count). The number of hydrogen-bond donors (Lipinski definition) is 1. The first-order chi connectivity index (χ1) is 12.3. The Morgan fingerprint density at radius 1 is 1.16 bits per heavy atom. The molecular formula is C19H20N4O2. The van der Waals surface area contributed by atoms with Gasteiger partial charge in [0.1, 0.15) is 12.3 Å². The lowest BCUT2D eigenvalue weighted by Crippen LogP contribution is -2.25. The number of fused-ring (bicyclic) bond motifs is 1. The van der Waals surface area contributed by atoms with Crippen LogP contribution in [0, 0.1) is 0 Å². The Morgan fingerprint density at radius 2 is 2.00 bits per heavy atom. The monoisotopic (exact) mass is 336 g/mol. The van der Waals surface area contributed by atoms with Gasteiger partial charge in [-0.05, 0) is 38.1 Å². The summed E-state index contributed by atoms with van der Waals surface area (Å²) < 4.78 is 5.73. The van der Waals surface area contributed by atoms with E-state index >= 15 is 0 Å². The van der Waals surface area contributed by atoms with Crippen molar-refractivity contribution in [3.8, 4) is 17.0 Å². The third-order valence-electron chi connectivity index (χ3n) is 4.62. The Balaban J connectivity index is 1.45. The fourth-order valence-electron chi connectivity index (χ4n) is 3.20. The average molecular weight is 336 g/mol. The number of rotatable bonds is 6. The van der Waals surface area contributed by atoms with Crippen LogP contribution in [0.5, 0.6) is 5.88 Å². The van der Waals surface area contributed by atoms with Crippen LogP contribution in [0.15, 0.2) is 36.8 Å². The normalized spacial score (nSPS) is 14.9. The van der Waals surface area contributed by atoms with Gasteiger partial charge in [0.05, 0.1) is 0 Å². The second kappa shape index (κ2) is 7.03. The minimum Gasteiger partial charge on any atom is -0.476 e. The van der Waals surface area contributed by atoms with Crippen molar-refractivity contribution in [2.75, 3.05) is 26.2 Å². The van der Waals surface area contributed by atoms with E-state index < -0.39 is 0 Å². The molecule has 25 heavy (non-hydrogen) atoms. The highest BCUT2D eigenvalue weighted by molar-refractivity contribution is 5.97. The SMILES string of the molecule is O=Cc1c[nH]c2ncc(-c3ccc(OCCN4CCCC4)nc3)cc12. The first kappa shape index (κ1) is 15.8. The summed E-state index contributed by atoms with van der Waals surface area (Å²) in [5, 5.41) is 0.818. The highest BCUT2D eigenvalue weighted by Crippen LogP contribution is 2.24. The summed E-state index contributed by atoms with van der Waals surface area (Å²) in [7, 11) is 0. The number of H-pyrrole nitrogens is 1. The Labute approximate surface area is 145 Å². The van der Waals surface area contributed by atoms with Gasteiger partial charge in [0.15, 0.2) is 6.29 Å². The molecule has 0 aliphatic carbocycles. The van der Waals surface area contributed by atoms with E-state index in [0.717, 1.165) is 29.3 Å². The molecule has 0 spiro atoms. The van der Waals surface area contributed by atoms with Crippen LogP contribution < -0.4 is 4.74 Å². The van der Waals surface area contributed by atoms with Gasteiger partial charge in [0.25, 0.3) is 0 Å². The van der Waals surface area contributed by atoms with Crippen molar-refractivity contribution in [3.05, 3.63) is 42.4 Å². The van der Waals surface area contributed by atoms with Crippen molar-refractivity contribution >= 4 is 17.3 Å². The second-order valence-electron chi connectivity index (χ2n) is 6.26. The molecule has 1 aliphatic rings. The third-order valence-corrected chi connectivity index (χ3v) is 4.62. The van der Waals surface area contributed by atoms with Gasteiger partial charge in [0.2, 0.25) is 5.88 Å². The number of nitrogens with zero attached hydrogens (tertiary/aromatic N) is 3. The van der Waals surface area contributed by atoms with Crippen molar-refractivity contribution in [1.29, 1.82) is 0 Å². The predicted octanol–water partition coefficient (Wildman–Crippen LogP) is 2.91. The Bertz CT molecular complexity index is 867. The Kier molecular flexibility index (Phi) is 4.43. The number of nitrogens with one attached hydrogen (secondary N) is 1. The quantitative estimate of drug-likeness (QED) is 0.701. The largest absolute Gasteiger partial charge is 0.476 e. The van der Waals surface area contributed by atoms with Crippen LogP contribution in [0.3, 0.4) is 0 Å². The fraction of sp³-hybridized carbons (Fsp3) is 0.316. The van der Waals surface area contributed by atoms with Gasteiger partial charge < -0.3 is 9.72 Å². The lowest BCUT2D eigenvalue weighted by atomic mass is 10.1. The molecule has 1 fully saturated rings. The lowest BCUT2D eigenvalue weighted by molar-refractivity contribution is 0.112. The highest BCUT2D eigenvalue weighted by Gasteiger charge is 2.11. The maximum Gasteiger partial charge on any atom is 0.213 e. The first-order valence-corrected chi connectivity index (χ1v) is 8.57. The topological polar surface area (TPSA) is 71.1 Å². The van der Waals surface area contributed by atoms with Gasteiger partial charge in [0, 0.05) is 53.3 Å². The van der Waals surface area contributed by atoms with E-state index in [4.69, 9.17) is 4.74 Å². The number of ether oxygens (including phenoxy) is 1. The summed E-state index contributed by atoms with van der Waals surface area (Å²) in [5.41, 5.74) is 3.19. The van der Waals surface area contributed by atoms with Crippen molar-refractivity contribution in [1.82, 2.24) is 19.9 Å². The van der Waals surface area contributed by atoms with E-state index in [-0.39, 0.29) is 0 Å². The molecule has 1 saturated heterocycles. The van der Waals surface area contributed by atoms with Crippen LogP contribution in [0.1, 0.15) is 23.2 Å². The number of aldehydes is 1. The molecule has 1 aliphatic heterocycles. The van der Waals surface area contributed by atoms with Crippen LogP contribution >= 0.6 is 0 Å². The average Bonchev–Trinajstić information content (AvgIpc) is 3.31. The fourth-order valence-corrected chi connectivity index (χ4v) is 3.20. The van der Waals surface area contributed by atoms with Gasteiger partial charge in [-0.25, -0.2) is 9.97 Å². The maximum absolute atomic E-state index is 11.1. The molecule has 4 heterocycles. The number of pyridine rings is 2. The lowest BCUT2D eigenvalue weighted by Gasteiger charge is -2.14. The number of likely N-dealkylation sites (tertiary alicyclic amines) is 1. The zero-order valence-electron chi connectivity index (χ0n) is 13.9. The van der Waals surface area contributed by atoms with E-state index in [0.29, 0.717) is 23.7 Å². The van der Waals surface area contributed by atoms with Gasteiger partial charge in [-0.2, -0.15) is 0 Å². The predicted molar refractivity (Wildman–Crippen MR) is 95.9 cm³/mol. The first-order valence-electron chi connectivity index (χ1n) is 8.57.